The minimum atomic E-state index is -0.730. The number of hydrogen-bond donors (Lipinski definition) is 1. The molecule has 1 N–H and O–H groups in total. The van der Waals surface area contributed by atoms with Crippen molar-refractivity contribution in [1.82, 2.24) is 10.2 Å². The van der Waals surface area contributed by atoms with Gasteiger partial charge < -0.3 is 15.0 Å². The first-order valence-corrected chi connectivity index (χ1v) is 13.2. The second-order valence-corrected chi connectivity index (χ2v) is 10.1. The fourth-order valence-corrected chi connectivity index (χ4v) is 4.58. The zero-order valence-corrected chi connectivity index (χ0v) is 23.2. The fraction of sp³-hybridized carbons (Fsp3) is 0.310. The maximum atomic E-state index is 13.6. The number of benzene rings is 3. The summed E-state index contributed by atoms with van der Waals surface area (Å²) >= 11 is 9.99. The standard InChI is InChI=1S/C29H32BrClN2O3/c1-4-32-29(35)26(16-21-10-6-5-7-11-21)33(18-23-12-8-9-13-25(23)31)28(34)19-36-27-15-14-22(20(2)3)17-24(27)30/h5-15,17,20,26H,4,16,18-19H2,1-3H3,(H,32,35)/t26-/m0/s1. The molecule has 0 radical (unpaired) electrons. The van der Waals surface area contributed by atoms with Crippen LogP contribution in [-0.4, -0.2) is 35.9 Å². The molecule has 0 unspecified atom stereocenters. The molecule has 0 spiro atoms. The molecule has 1 atom stereocenters. The number of amides is 2. The third-order valence-electron chi connectivity index (χ3n) is 5.89. The van der Waals surface area contributed by atoms with E-state index in [1.54, 1.807) is 11.0 Å². The van der Waals surface area contributed by atoms with Gasteiger partial charge in [-0.05, 0) is 63.7 Å². The van der Waals surface area contributed by atoms with Crippen molar-refractivity contribution in [2.45, 2.75) is 45.7 Å². The highest BCUT2D eigenvalue weighted by Crippen LogP contribution is 2.29. The minimum Gasteiger partial charge on any atom is -0.483 e. The number of likely N-dealkylation sites (N-methyl/N-ethyl adjacent to an activating group) is 1. The van der Waals surface area contributed by atoms with Gasteiger partial charge in [-0.15, -0.1) is 0 Å². The van der Waals surface area contributed by atoms with Crippen molar-refractivity contribution in [2.24, 2.45) is 0 Å². The van der Waals surface area contributed by atoms with Gasteiger partial charge in [-0.2, -0.15) is 0 Å². The number of ether oxygens (including phenoxy) is 1. The number of rotatable bonds is 11. The Kier molecular flexibility index (Phi) is 10.4. The van der Waals surface area contributed by atoms with Gasteiger partial charge in [0, 0.05) is 24.5 Å². The summed E-state index contributed by atoms with van der Waals surface area (Å²) in [5.74, 6) is 0.424. The Morgan fingerprint density at radius 1 is 1.03 bits per heavy atom. The predicted molar refractivity (Wildman–Crippen MR) is 148 cm³/mol. The van der Waals surface area contributed by atoms with Crippen LogP contribution in [0.15, 0.2) is 77.3 Å². The lowest BCUT2D eigenvalue weighted by Crippen LogP contribution is -2.51. The molecule has 0 saturated heterocycles. The molecule has 36 heavy (non-hydrogen) atoms. The average Bonchev–Trinajstić information content (AvgIpc) is 2.87. The molecule has 3 rings (SSSR count). The predicted octanol–water partition coefficient (Wildman–Crippen LogP) is 6.38. The maximum absolute atomic E-state index is 13.6. The molecule has 0 aliphatic heterocycles. The van der Waals surface area contributed by atoms with Crippen LogP contribution in [0.1, 0.15) is 43.4 Å². The largest absolute Gasteiger partial charge is 0.483 e. The van der Waals surface area contributed by atoms with Crippen LogP contribution >= 0.6 is 27.5 Å². The molecular formula is C29H32BrClN2O3. The molecule has 0 heterocycles. The summed E-state index contributed by atoms with van der Waals surface area (Å²) in [7, 11) is 0. The van der Waals surface area contributed by atoms with Crippen LogP contribution in [0.5, 0.6) is 5.75 Å². The lowest BCUT2D eigenvalue weighted by atomic mass is 10.0. The zero-order valence-electron chi connectivity index (χ0n) is 20.8. The van der Waals surface area contributed by atoms with Crippen LogP contribution < -0.4 is 10.1 Å². The number of carbonyl (C=O) groups is 2. The van der Waals surface area contributed by atoms with Gasteiger partial charge in [-0.3, -0.25) is 9.59 Å². The highest BCUT2D eigenvalue weighted by molar-refractivity contribution is 9.10. The van der Waals surface area contributed by atoms with E-state index in [9.17, 15) is 9.59 Å². The first-order valence-electron chi connectivity index (χ1n) is 12.1. The Balaban J connectivity index is 1.89. The summed E-state index contributed by atoms with van der Waals surface area (Å²) in [6, 6.07) is 22.1. The first-order chi connectivity index (χ1) is 17.3. The molecule has 0 aliphatic rings. The van der Waals surface area contributed by atoms with E-state index >= 15 is 0 Å². The molecular weight excluding hydrogens is 540 g/mol. The van der Waals surface area contributed by atoms with Crippen molar-refractivity contribution in [3.05, 3.63) is 99.0 Å². The van der Waals surface area contributed by atoms with Gasteiger partial charge in [0.15, 0.2) is 6.61 Å². The minimum absolute atomic E-state index is 0.184. The average molecular weight is 572 g/mol. The maximum Gasteiger partial charge on any atom is 0.261 e. The molecule has 5 nitrogen and oxygen atoms in total. The highest BCUT2D eigenvalue weighted by atomic mass is 79.9. The SMILES string of the molecule is CCNC(=O)[C@H](Cc1ccccc1)N(Cc1ccccc1Cl)C(=O)COc1ccc(C(C)C)cc1Br. The zero-order chi connectivity index (χ0) is 26.1. The van der Waals surface area contributed by atoms with Crippen LogP contribution in [0.4, 0.5) is 0 Å². The van der Waals surface area contributed by atoms with E-state index in [0.29, 0.717) is 29.7 Å². The molecule has 2 amide bonds. The van der Waals surface area contributed by atoms with Crippen molar-refractivity contribution in [3.8, 4) is 5.75 Å². The second-order valence-electron chi connectivity index (χ2n) is 8.85. The Morgan fingerprint density at radius 3 is 2.36 bits per heavy atom. The van der Waals surface area contributed by atoms with E-state index in [4.69, 9.17) is 16.3 Å². The second kappa shape index (κ2) is 13.5. The summed E-state index contributed by atoms with van der Waals surface area (Å²) in [5, 5.41) is 3.43. The summed E-state index contributed by atoms with van der Waals surface area (Å²) in [4.78, 5) is 28.4. The van der Waals surface area contributed by atoms with Crippen LogP contribution in [-0.2, 0) is 22.6 Å². The molecule has 0 bridgehead atoms. The number of carbonyl (C=O) groups excluding carboxylic acids is 2. The summed E-state index contributed by atoms with van der Waals surface area (Å²) < 4.78 is 6.70. The Hall–Kier alpha value is -2.83. The van der Waals surface area contributed by atoms with Crippen LogP contribution in [0.25, 0.3) is 0 Å². The van der Waals surface area contributed by atoms with E-state index in [-0.39, 0.29) is 25.0 Å². The first kappa shape index (κ1) is 27.8. The normalized spacial score (nSPS) is 11.7. The van der Waals surface area contributed by atoms with Gasteiger partial charge >= 0.3 is 0 Å². The summed E-state index contributed by atoms with van der Waals surface area (Å²) in [6.45, 7) is 6.53. The van der Waals surface area contributed by atoms with E-state index in [0.717, 1.165) is 15.6 Å². The Bertz CT molecular complexity index is 1170. The topological polar surface area (TPSA) is 58.6 Å². The third kappa shape index (κ3) is 7.58. The molecule has 3 aromatic rings. The molecule has 7 heteroatoms. The lowest BCUT2D eigenvalue weighted by molar-refractivity contribution is -0.142. The number of halogens is 2. The lowest BCUT2D eigenvalue weighted by Gasteiger charge is -2.31. The van der Waals surface area contributed by atoms with Crippen molar-refractivity contribution in [3.63, 3.8) is 0 Å². The quantitative estimate of drug-likeness (QED) is 0.291. The van der Waals surface area contributed by atoms with Crippen molar-refractivity contribution in [1.29, 1.82) is 0 Å². The molecule has 3 aromatic carbocycles. The van der Waals surface area contributed by atoms with Gasteiger partial charge in [0.25, 0.3) is 5.91 Å². The van der Waals surface area contributed by atoms with Crippen LogP contribution in [0.3, 0.4) is 0 Å². The van der Waals surface area contributed by atoms with E-state index in [2.05, 4.69) is 35.1 Å². The third-order valence-corrected chi connectivity index (χ3v) is 6.88. The Morgan fingerprint density at radius 2 is 1.72 bits per heavy atom. The number of nitrogens with zero attached hydrogens (tertiary/aromatic N) is 1. The monoisotopic (exact) mass is 570 g/mol. The molecule has 0 aromatic heterocycles. The molecule has 190 valence electrons. The van der Waals surface area contributed by atoms with E-state index in [1.807, 2.05) is 73.7 Å². The van der Waals surface area contributed by atoms with Gasteiger partial charge in [0.1, 0.15) is 11.8 Å². The van der Waals surface area contributed by atoms with Crippen LogP contribution in [0.2, 0.25) is 5.02 Å². The Labute approximate surface area is 226 Å². The van der Waals surface area contributed by atoms with Crippen molar-refractivity contribution < 1.29 is 14.3 Å². The molecule has 0 fully saturated rings. The van der Waals surface area contributed by atoms with Gasteiger partial charge in [-0.1, -0.05) is 80.0 Å². The number of hydrogen-bond acceptors (Lipinski definition) is 3. The van der Waals surface area contributed by atoms with Gasteiger partial charge in [0.2, 0.25) is 5.91 Å². The summed E-state index contributed by atoms with van der Waals surface area (Å²) in [5.41, 5.74) is 2.89. The molecule has 0 aliphatic carbocycles. The van der Waals surface area contributed by atoms with Crippen molar-refractivity contribution >= 4 is 39.3 Å². The van der Waals surface area contributed by atoms with Crippen molar-refractivity contribution in [2.75, 3.05) is 13.2 Å². The summed E-state index contributed by atoms with van der Waals surface area (Å²) in [6.07, 6.45) is 0.371. The van der Waals surface area contributed by atoms with E-state index < -0.39 is 6.04 Å². The van der Waals surface area contributed by atoms with Gasteiger partial charge in [0.05, 0.1) is 4.47 Å². The van der Waals surface area contributed by atoms with E-state index in [1.165, 1.54) is 5.56 Å². The fourth-order valence-electron chi connectivity index (χ4n) is 3.87. The molecule has 0 saturated carbocycles. The number of nitrogens with one attached hydrogen (secondary N) is 1. The highest BCUT2D eigenvalue weighted by Gasteiger charge is 2.31. The van der Waals surface area contributed by atoms with Gasteiger partial charge in [-0.25, -0.2) is 0 Å². The van der Waals surface area contributed by atoms with Crippen LogP contribution in [0, 0.1) is 0 Å². The smallest absolute Gasteiger partial charge is 0.261 e.